The molecule has 1 aliphatic heterocycles. The zero-order chi connectivity index (χ0) is 14.7. The highest BCUT2D eigenvalue weighted by Gasteiger charge is 2.30. The summed E-state index contributed by atoms with van der Waals surface area (Å²) in [4.78, 5) is 12.2. The SMILES string of the molecule is CCC(C)C(O)CNC(=O)C1COc2ccc(Br)cc21. The Bertz CT molecular complexity index is 492. The van der Waals surface area contributed by atoms with Gasteiger partial charge in [0.05, 0.1) is 6.10 Å². The molecule has 1 aromatic carbocycles. The summed E-state index contributed by atoms with van der Waals surface area (Å²) in [6.45, 7) is 4.64. The minimum atomic E-state index is -0.506. The van der Waals surface area contributed by atoms with Crippen molar-refractivity contribution in [1.29, 1.82) is 0 Å². The van der Waals surface area contributed by atoms with Crippen LogP contribution in [0.1, 0.15) is 31.7 Å². The zero-order valence-corrected chi connectivity index (χ0v) is 13.3. The van der Waals surface area contributed by atoms with Crippen molar-refractivity contribution in [3.05, 3.63) is 28.2 Å². The molecule has 0 radical (unpaired) electrons. The molecule has 1 aliphatic rings. The molecule has 0 saturated carbocycles. The number of carbonyl (C=O) groups excluding carboxylic acids is 1. The van der Waals surface area contributed by atoms with Crippen LogP contribution in [0.5, 0.6) is 5.75 Å². The number of aliphatic hydroxyl groups excluding tert-OH is 1. The van der Waals surface area contributed by atoms with E-state index in [-0.39, 0.29) is 24.3 Å². The Morgan fingerprint density at radius 3 is 3.05 bits per heavy atom. The highest BCUT2D eigenvalue weighted by Crippen LogP contribution is 2.35. The van der Waals surface area contributed by atoms with Gasteiger partial charge in [-0.3, -0.25) is 4.79 Å². The molecule has 1 heterocycles. The fourth-order valence-electron chi connectivity index (χ4n) is 2.20. The van der Waals surface area contributed by atoms with Crippen molar-refractivity contribution < 1.29 is 14.6 Å². The molecule has 0 fully saturated rings. The number of hydrogen-bond acceptors (Lipinski definition) is 3. The Morgan fingerprint density at radius 1 is 1.60 bits per heavy atom. The molecule has 3 atom stereocenters. The van der Waals surface area contributed by atoms with E-state index in [1.165, 1.54) is 0 Å². The summed E-state index contributed by atoms with van der Waals surface area (Å²) in [6.07, 6.45) is 0.382. The van der Waals surface area contributed by atoms with Gasteiger partial charge in [0, 0.05) is 16.6 Å². The van der Waals surface area contributed by atoms with Gasteiger partial charge in [-0.15, -0.1) is 0 Å². The van der Waals surface area contributed by atoms with E-state index in [2.05, 4.69) is 21.2 Å². The van der Waals surface area contributed by atoms with Gasteiger partial charge in [-0.2, -0.15) is 0 Å². The predicted molar refractivity (Wildman–Crippen MR) is 80.8 cm³/mol. The standard InChI is InChI=1S/C15H20BrNO3/c1-3-9(2)13(18)7-17-15(19)12-8-20-14-5-4-10(16)6-11(12)14/h4-6,9,12-13,18H,3,7-8H2,1-2H3,(H,17,19). The lowest BCUT2D eigenvalue weighted by molar-refractivity contribution is -0.123. The Labute approximate surface area is 127 Å². The maximum absolute atomic E-state index is 12.2. The van der Waals surface area contributed by atoms with Crippen molar-refractivity contribution in [1.82, 2.24) is 5.32 Å². The lowest BCUT2D eigenvalue weighted by Gasteiger charge is -2.18. The summed E-state index contributed by atoms with van der Waals surface area (Å²) in [5, 5.41) is 12.7. The Kier molecular flexibility index (Phi) is 5.05. The van der Waals surface area contributed by atoms with Crippen molar-refractivity contribution in [2.45, 2.75) is 32.3 Å². The first-order valence-corrected chi connectivity index (χ1v) is 7.70. The number of ether oxygens (including phenoxy) is 1. The second-order valence-electron chi connectivity index (χ2n) is 5.24. The van der Waals surface area contributed by atoms with Crippen LogP contribution in [-0.2, 0) is 4.79 Å². The predicted octanol–water partition coefficient (Wildman–Crippen LogP) is 2.45. The first-order chi connectivity index (χ1) is 9.52. The van der Waals surface area contributed by atoms with E-state index < -0.39 is 6.10 Å². The third-order valence-electron chi connectivity index (χ3n) is 3.86. The molecule has 110 valence electrons. The molecular formula is C15H20BrNO3. The molecule has 5 heteroatoms. The Hall–Kier alpha value is -1.07. The van der Waals surface area contributed by atoms with Crippen LogP contribution in [0.3, 0.4) is 0 Å². The first kappa shape index (κ1) is 15.3. The van der Waals surface area contributed by atoms with Gasteiger partial charge in [0.2, 0.25) is 5.91 Å². The van der Waals surface area contributed by atoms with Crippen LogP contribution in [0.15, 0.2) is 22.7 Å². The van der Waals surface area contributed by atoms with E-state index in [9.17, 15) is 9.90 Å². The third-order valence-corrected chi connectivity index (χ3v) is 4.35. The highest BCUT2D eigenvalue weighted by molar-refractivity contribution is 9.10. The van der Waals surface area contributed by atoms with Crippen molar-refractivity contribution in [3.8, 4) is 5.75 Å². The van der Waals surface area contributed by atoms with Gasteiger partial charge in [0.15, 0.2) is 0 Å². The van der Waals surface area contributed by atoms with Crippen LogP contribution in [0.25, 0.3) is 0 Å². The lowest BCUT2D eigenvalue weighted by Crippen LogP contribution is -2.38. The molecule has 1 amide bonds. The summed E-state index contributed by atoms with van der Waals surface area (Å²) in [7, 11) is 0. The van der Waals surface area contributed by atoms with E-state index >= 15 is 0 Å². The molecule has 0 bridgehead atoms. The number of hydrogen-bond donors (Lipinski definition) is 2. The van der Waals surface area contributed by atoms with E-state index in [0.717, 1.165) is 22.2 Å². The fraction of sp³-hybridized carbons (Fsp3) is 0.533. The molecule has 1 aromatic rings. The van der Waals surface area contributed by atoms with E-state index in [4.69, 9.17) is 4.74 Å². The van der Waals surface area contributed by atoms with Crippen LogP contribution in [0.4, 0.5) is 0 Å². The van der Waals surface area contributed by atoms with Crippen molar-refractivity contribution in [3.63, 3.8) is 0 Å². The van der Waals surface area contributed by atoms with Gasteiger partial charge in [0.1, 0.15) is 18.3 Å². The minimum Gasteiger partial charge on any atom is -0.492 e. The molecule has 3 unspecified atom stereocenters. The number of carbonyl (C=O) groups is 1. The van der Waals surface area contributed by atoms with Gasteiger partial charge in [-0.05, 0) is 24.1 Å². The van der Waals surface area contributed by atoms with Gasteiger partial charge in [0.25, 0.3) is 0 Å². The topological polar surface area (TPSA) is 58.6 Å². The normalized spacial score (nSPS) is 19.9. The average molecular weight is 342 g/mol. The van der Waals surface area contributed by atoms with Gasteiger partial charge in [-0.25, -0.2) is 0 Å². The molecule has 20 heavy (non-hydrogen) atoms. The second-order valence-corrected chi connectivity index (χ2v) is 6.16. The lowest BCUT2D eigenvalue weighted by atomic mass is 9.99. The number of fused-ring (bicyclic) bond motifs is 1. The van der Waals surface area contributed by atoms with Crippen LogP contribution in [0.2, 0.25) is 0 Å². The largest absolute Gasteiger partial charge is 0.492 e. The molecule has 0 aromatic heterocycles. The summed E-state index contributed by atoms with van der Waals surface area (Å²) in [6, 6.07) is 5.67. The molecule has 0 spiro atoms. The minimum absolute atomic E-state index is 0.0933. The smallest absolute Gasteiger partial charge is 0.231 e. The summed E-state index contributed by atoms with van der Waals surface area (Å²) in [5.41, 5.74) is 0.898. The number of nitrogens with one attached hydrogen (secondary N) is 1. The summed E-state index contributed by atoms with van der Waals surface area (Å²) >= 11 is 3.40. The maximum atomic E-state index is 12.2. The molecule has 0 aliphatic carbocycles. The first-order valence-electron chi connectivity index (χ1n) is 6.91. The summed E-state index contributed by atoms with van der Waals surface area (Å²) < 4.78 is 6.45. The average Bonchev–Trinajstić information content (AvgIpc) is 2.86. The van der Waals surface area contributed by atoms with E-state index in [1.54, 1.807) is 0 Å². The number of benzene rings is 1. The highest BCUT2D eigenvalue weighted by atomic mass is 79.9. The quantitative estimate of drug-likeness (QED) is 0.864. The molecule has 0 saturated heterocycles. The Morgan fingerprint density at radius 2 is 2.35 bits per heavy atom. The number of amides is 1. The van der Waals surface area contributed by atoms with Gasteiger partial charge in [-0.1, -0.05) is 36.2 Å². The molecule has 2 N–H and O–H groups in total. The van der Waals surface area contributed by atoms with Crippen molar-refractivity contribution in [2.75, 3.05) is 13.2 Å². The van der Waals surface area contributed by atoms with Gasteiger partial charge >= 0.3 is 0 Å². The number of rotatable bonds is 5. The van der Waals surface area contributed by atoms with Crippen LogP contribution < -0.4 is 10.1 Å². The molecule has 2 rings (SSSR count). The van der Waals surface area contributed by atoms with E-state index in [1.807, 2.05) is 32.0 Å². The summed E-state index contributed by atoms with van der Waals surface area (Å²) in [5.74, 6) is 0.545. The monoisotopic (exact) mass is 341 g/mol. The van der Waals surface area contributed by atoms with Crippen molar-refractivity contribution >= 4 is 21.8 Å². The third kappa shape index (κ3) is 3.33. The number of halogens is 1. The van der Waals surface area contributed by atoms with Gasteiger partial charge < -0.3 is 15.2 Å². The van der Waals surface area contributed by atoms with Crippen LogP contribution in [-0.4, -0.2) is 30.3 Å². The molecular weight excluding hydrogens is 322 g/mol. The zero-order valence-electron chi connectivity index (χ0n) is 11.7. The second kappa shape index (κ2) is 6.59. The molecule has 4 nitrogen and oxygen atoms in total. The fourth-order valence-corrected chi connectivity index (χ4v) is 2.58. The maximum Gasteiger partial charge on any atom is 0.231 e. The number of aliphatic hydroxyl groups is 1. The van der Waals surface area contributed by atoms with Crippen molar-refractivity contribution in [2.24, 2.45) is 5.92 Å². The van der Waals surface area contributed by atoms with E-state index in [0.29, 0.717) is 6.61 Å². The van der Waals surface area contributed by atoms with Crippen LogP contribution in [0, 0.1) is 5.92 Å². The van der Waals surface area contributed by atoms with Crippen LogP contribution >= 0.6 is 15.9 Å². The Balaban J connectivity index is 1.97.